The number of guanidine groups is 1. The molecule has 31 heavy (non-hydrogen) atoms. The lowest BCUT2D eigenvalue weighted by molar-refractivity contribution is 0.368. The summed E-state index contributed by atoms with van der Waals surface area (Å²) < 4.78 is 42.2. The zero-order valence-corrected chi connectivity index (χ0v) is 21.5. The van der Waals surface area contributed by atoms with Gasteiger partial charge >= 0.3 is 0 Å². The summed E-state index contributed by atoms with van der Waals surface area (Å²) in [4.78, 5) is 8.82. The van der Waals surface area contributed by atoms with E-state index in [1.165, 1.54) is 18.2 Å². The second-order valence-corrected chi connectivity index (χ2v) is 9.55. The molecule has 0 spiro atoms. The number of nitrogens with zero attached hydrogens (tertiary/aromatic N) is 3. The summed E-state index contributed by atoms with van der Waals surface area (Å²) >= 11 is 0. The van der Waals surface area contributed by atoms with Crippen molar-refractivity contribution in [3.63, 3.8) is 0 Å². The van der Waals surface area contributed by atoms with E-state index in [2.05, 4.69) is 25.8 Å². The van der Waals surface area contributed by atoms with Gasteiger partial charge in [-0.25, -0.2) is 17.8 Å². The standard InChI is InChI=1S/C20H30FN5O3S.HI/c1-5-22-20(23-10-6-7-18-25-19(14(2)3)26-29-18)24-12-16-11-17(21)9-8-15(16)13-30(4,27)28;/h8-9,11,14H,5-7,10,12-13H2,1-4H3,(H2,22,23,24);1H. The molecule has 2 rings (SSSR count). The van der Waals surface area contributed by atoms with Crippen LogP contribution in [0.1, 0.15) is 56.0 Å². The topological polar surface area (TPSA) is 109 Å². The number of hydrogen-bond donors (Lipinski definition) is 2. The van der Waals surface area contributed by atoms with Gasteiger partial charge in [0, 0.05) is 31.7 Å². The van der Waals surface area contributed by atoms with Crippen LogP contribution in [0.3, 0.4) is 0 Å². The lowest BCUT2D eigenvalue weighted by Gasteiger charge is -2.12. The molecule has 11 heteroatoms. The Balaban J connectivity index is 0.00000480. The monoisotopic (exact) mass is 567 g/mol. The number of halogens is 2. The first-order chi connectivity index (χ1) is 14.2. The average Bonchev–Trinajstić information content (AvgIpc) is 3.13. The van der Waals surface area contributed by atoms with Gasteiger partial charge in [-0.1, -0.05) is 25.1 Å². The van der Waals surface area contributed by atoms with Crippen LogP contribution in [-0.2, 0) is 28.6 Å². The molecule has 0 amide bonds. The Kier molecular flexibility index (Phi) is 11.4. The van der Waals surface area contributed by atoms with Crippen molar-refractivity contribution in [2.45, 2.75) is 51.8 Å². The normalized spacial score (nSPS) is 12.0. The van der Waals surface area contributed by atoms with Crippen LogP contribution in [0.25, 0.3) is 0 Å². The van der Waals surface area contributed by atoms with E-state index in [1.54, 1.807) is 0 Å². The number of nitrogens with one attached hydrogen (secondary N) is 2. The Morgan fingerprint density at radius 2 is 2.00 bits per heavy atom. The number of aryl methyl sites for hydroxylation is 1. The van der Waals surface area contributed by atoms with E-state index < -0.39 is 15.7 Å². The van der Waals surface area contributed by atoms with Crippen LogP contribution in [0, 0.1) is 5.82 Å². The largest absolute Gasteiger partial charge is 0.357 e. The van der Waals surface area contributed by atoms with Crippen molar-refractivity contribution < 1.29 is 17.3 Å². The van der Waals surface area contributed by atoms with Gasteiger partial charge in [-0.05, 0) is 36.6 Å². The van der Waals surface area contributed by atoms with Crippen LogP contribution in [-0.4, -0.2) is 43.9 Å². The summed E-state index contributed by atoms with van der Waals surface area (Å²) in [6.45, 7) is 7.42. The van der Waals surface area contributed by atoms with Crippen LogP contribution in [0.15, 0.2) is 27.7 Å². The van der Waals surface area contributed by atoms with Crippen molar-refractivity contribution in [1.29, 1.82) is 0 Å². The van der Waals surface area contributed by atoms with Crippen LogP contribution in [0.5, 0.6) is 0 Å². The van der Waals surface area contributed by atoms with Gasteiger partial charge in [0.15, 0.2) is 21.6 Å². The first-order valence-corrected chi connectivity index (χ1v) is 12.0. The van der Waals surface area contributed by atoms with Gasteiger partial charge in [0.05, 0.1) is 12.3 Å². The minimum Gasteiger partial charge on any atom is -0.357 e. The highest BCUT2D eigenvalue weighted by Crippen LogP contribution is 2.15. The summed E-state index contributed by atoms with van der Waals surface area (Å²) in [6.07, 6.45) is 2.57. The van der Waals surface area contributed by atoms with E-state index in [1.807, 2.05) is 20.8 Å². The fourth-order valence-electron chi connectivity index (χ4n) is 2.72. The van der Waals surface area contributed by atoms with E-state index in [-0.39, 0.29) is 42.2 Å². The van der Waals surface area contributed by atoms with Crippen molar-refractivity contribution in [2.24, 2.45) is 4.99 Å². The summed E-state index contributed by atoms with van der Waals surface area (Å²) in [6, 6.07) is 4.09. The molecule has 0 aliphatic heterocycles. The molecule has 0 bridgehead atoms. The number of aromatic nitrogens is 2. The zero-order valence-electron chi connectivity index (χ0n) is 18.3. The molecule has 0 saturated carbocycles. The van der Waals surface area contributed by atoms with Crippen LogP contribution < -0.4 is 10.6 Å². The minimum atomic E-state index is -3.23. The summed E-state index contributed by atoms with van der Waals surface area (Å²) in [5, 5.41) is 10.3. The van der Waals surface area contributed by atoms with Gasteiger partial charge in [0.25, 0.3) is 0 Å². The molecule has 0 saturated heterocycles. The molecule has 0 atom stereocenters. The van der Waals surface area contributed by atoms with Gasteiger partial charge in [-0.3, -0.25) is 0 Å². The van der Waals surface area contributed by atoms with E-state index in [4.69, 9.17) is 4.52 Å². The number of rotatable bonds is 10. The third kappa shape index (κ3) is 9.93. The van der Waals surface area contributed by atoms with Crippen molar-refractivity contribution in [3.05, 3.63) is 46.9 Å². The highest BCUT2D eigenvalue weighted by molar-refractivity contribution is 14.0. The van der Waals surface area contributed by atoms with Gasteiger partial charge in [0.2, 0.25) is 5.89 Å². The summed E-state index contributed by atoms with van der Waals surface area (Å²) in [5.74, 6) is 1.53. The van der Waals surface area contributed by atoms with Gasteiger partial charge in [-0.15, -0.1) is 24.0 Å². The Morgan fingerprint density at radius 1 is 1.26 bits per heavy atom. The number of sulfone groups is 1. The quantitative estimate of drug-likeness (QED) is 0.197. The first kappa shape index (κ1) is 27.3. The Labute approximate surface area is 200 Å². The molecule has 0 radical (unpaired) electrons. The fourth-order valence-corrected chi connectivity index (χ4v) is 3.57. The van der Waals surface area contributed by atoms with Gasteiger partial charge in [0.1, 0.15) is 5.82 Å². The third-order valence-corrected chi connectivity index (χ3v) is 5.03. The van der Waals surface area contributed by atoms with Crippen molar-refractivity contribution in [3.8, 4) is 0 Å². The van der Waals surface area contributed by atoms with Crippen LogP contribution >= 0.6 is 24.0 Å². The van der Waals surface area contributed by atoms with Gasteiger partial charge < -0.3 is 15.2 Å². The van der Waals surface area contributed by atoms with Gasteiger partial charge in [-0.2, -0.15) is 4.98 Å². The predicted octanol–water partition coefficient (Wildman–Crippen LogP) is 3.18. The Bertz CT molecular complexity index is 963. The minimum absolute atomic E-state index is 0. The molecule has 0 unspecified atom stereocenters. The fraction of sp³-hybridized carbons (Fsp3) is 0.550. The molecule has 174 valence electrons. The molecule has 2 aromatic rings. The van der Waals surface area contributed by atoms with E-state index in [0.29, 0.717) is 48.3 Å². The molecule has 1 aromatic carbocycles. The second-order valence-electron chi connectivity index (χ2n) is 7.41. The van der Waals surface area contributed by atoms with Crippen molar-refractivity contribution in [1.82, 2.24) is 20.8 Å². The van der Waals surface area contributed by atoms with Crippen molar-refractivity contribution in [2.75, 3.05) is 19.3 Å². The van der Waals surface area contributed by atoms with Crippen molar-refractivity contribution >= 4 is 39.8 Å². The molecule has 1 aromatic heterocycles. The summed E-state index contributed by atoms with van der Waals surface area (Å²) in [5.41, 5.74) is 1.10. The van der Waals surface area contributed by atoms with Crippen LogP contribution in [0.2, 0.25) is 0 Å². The highest BCUT2D eigenvalue weighted by atomic mass is 127. The maximum Gasteiger partial charge on any atom is 0.226 e. The predicted molar refractivity (Wildman–Crippen MR) is 130 cm³/mol. The third-order valence-electron chi connectivity index (χ3n) is 4.20. The molecule has 0 aliphatic carbocycles. The Hall–Kier alpha value is -1.76. The summed E-state index contributed by atoms with van der Waals surface area (Å²) in [7, 11) is -3.23. The average molecular weight is 567 g/mol. The lowest BCUT2D eigenvalue weighted by Crippen LogP contribution is -2.37. The van der Waals surface area contributed by atoms with Crippen LogP contribution in [0.4, 0.5) is 4.39 Å². The molecule has 8 nitrogen and oxygen atoms in total. The molecule has 2 N–H and O–H groups in total. The van der Waals surface area contributed by atoms with E-state index >= 15 is 0 Å². The maximum atomic E-state index is 13.7. The van der Waals surface area contributed by atoms with E-state index in [0.717, 1.165) is 12.7 Å². The number of aliphatic imine (C=N–C) groups is 1. The smallest absolute Gasteiger partial charge is 0.226 e. The molecular formula is C20H31FIN5O3S. The molecule has 0 aliphatic rings. The first-order valence-electron chi connectivity index (χ1n) is 9.97. The number of hydrogen-bond acceptors (Lipinski definition) is 6. The molecular weight excluding hydrogens is 536 g/mol. The SMILES string of the molecule is CCNC(=NCc1cc(F)ccc1CS(C)(=O)=O)NCCCc1nc(C(C)C)no1.I. The zero-order chi connectivity index (χ0) is 22.1. The Morgan fingerprint density at radius 3 is 2.61 bits per heavy atom. The second kappa shape index (κ2) is 12.9. The maximum absolute atomic E-state index is 13.7. The molecule has 0 fully saturated rings. The lowest BCUT2D eigenvalue weighted by atomic mass is 10.1. The highest BCUT2D eigenvalue weighted by Gasteiger charge is 2.11. The molecule has 1 heterocycles. The number of benzene rings is 1. The van der Waals surface area contributed by atoms with E-state index in [9.17, 15) is 12.8 Å².